The van der Waals surface area contributed by atoms with Crippen molar-refractivity contribution in [2.75, 3.05) is 50.7 Å². The highest BCUT2D eigenvalue weighted by Gasteiger charge is 2.38. The summed E-state index contributed by atoms with van der Waals surface area (Å²) in [6, 6.07) is 24.5. The zero-order chi connectivity index (χ0) is 32.7. The van der Waals surface area contributed by atoms with E-state index in [9.17, 15) is 15.1 Å². The minimum atomic E-state index is -1.000. The van der Waals surface area contributed by atoms with Crippen LogP contribution in [0.4, 0.5) is 11.4 Å². The molecular formula is C35H42N6O5. The van der Waals surface area contributed by atoms with E-state index in [0.717, 1.165) is 17.0 Å². The van der Waals surface area contributed by atoms with Gasteiger partial charge in [0, 0.05) is 42.4 Å². The van der Waals surface area contributed by atoms with Crippen LogP contribution in [0.25, 0.3) is 0 Å². The molecule has 11 heteroatoms. The number of methoxy groups -OCH3 is 1. The summed E-state index contributed by atoms with van der Waals surface area (Å²) in [6.45, 7) is 3.30. The van der Waals surface area contributed by atoms with Crippen LogP contribution < -0.4 is 26.0 Å². The number of nitrogens with one attached hydrogen (secondary N) is 2. The van der Waals surface area contributed by atoms with Crippen LogP contribution in [0.3, 0.4) is 0 Å². The maximum absolute atomic E-state index is 14.1. The van der Waals surface area contributed by atoms with Crippen molar-refractivity contribution in [3.63, 3.8) is 0 Å². The Morgan fingerprint density at radius 2 is 1.89 bits per heavy atom. The summed E-state index contributed by atoms with van der Waals surface area (Å²) in [6.07, 6.45) is 2.45. The number of aliphatic hydroxyl groups is 1. The molecule has 1 amide bonds. The zero-order valence-corrected chi connectivity index (χ0v) is 26.4. The minimum absolute atomic E-state index is 0.0987. The number of allylic oxidation sites excluding steroid dienone is 1. The molecule has 0 aliphatic carbocycles. The fraction of sp³-hybridized carbons (Fsp3) is 0.314. The second-order valence-corrected chi connectivity index (χ2v) is 11.7. The highest BCUT2D eigenvalue weighted by atomic mass is 16.5. The summed E-state index contributed by atoms with van der Waals surface area (Å²) in [7, 11) is 3.13. The largest absolute Gasteiger partial charge is 0.633 e. The minimum Gasteiger partial charge on any atom is -0.633 e. The molecule has 2 heterocycles. The van der Waals surface area contributed by atoms with Gasteiger partial charge in [-0.15, -0.1) is 0 Å². The van der Waals surface area contributed by atoms with Gasteiger partial charge in [-0.25, -0.2) is 4.99 Å². The number of quaternary nitrogens is 1. The molecule has 0 spiro atoms. The van der Waals surface area contributed by atoms with Gasteiger partial charge in [0.2, 0.25) is 5.91 Å². The van der Waals surface area contributed by atoms with Gasteiger partial charge in [-0.1, -0.05) is 37.3 Å². The monoisotopic (exact) mass is 626 g/mol. The number of hydrogen-bond acceptors (Lipinski definition) is 9. The molecule has 11 nitrogen and oxygen atoms in total. The number of benzene rings is 3. The van der Waals surface area contributed by atoms with Gasteiger partial charge in [-0.05, 0) is 66.2 Å². The van der Waals surface area contributed by atoms with Crippen LogP contribution in [0.2, 0.25) is 0 Å². The molecule has 5 rings (SSSR count). The molecule has 242 valence electrons. The number of amidine groups is 1. The Kier molecular flexibility index (Phi) is 10.4. The van der Waals surface area contributed by atoms with Gasteiger partial charge >= 0.3 is 0 Å². The molecular weight excluding hydrogens is 584 g/mol. The molecule has 0 radical (unpaired) electrons. The van der Waals surface area contributed by atoms with Crippen molar-refractivity contribution in [1.82, 2.24) is 5.32 Å². The number of hydroxylamine groups is 3. The van der Waals surface area contributed by atoms with Crippen LogP contribution in [0, 0.1) is 11.1 Å². The number of aliphatic imine (C=N–C) groups is 1. The quantitative estimate of drug-likeness (QED) is 0.0985. The standard InChI is InChI=1S/C35H42N6O5/c1-24-30(25-9-7-10-26(21-25)39-31(42)13-8-18-41(2,44)19-20-45-3)22-32(43)40(34-33(24)37-23-38-35(34)36)27-14-16-29(17-15-27)46-28-11-5-4-6-12-28/h4-17,21,24,30-31,37,39,42H,18-20,22-23H2,1-3H3,(H2,36,38)/b13-8+. The number of carbonyl (C=O) groups excluding carboxylic acids is 1. The smallest absolute Gasteiger partial charge is 0.232 e. The maximum atomic E-state index is 14.1. The van der Waals surface area contributed by atoms with E-state index in [4.69, 9.17) is 15.2 Å². The van der Waals surface area contributed by atoms with E-state index >= 15 is 0 Å². The van der Waals surface area contributed by atoms with Crippen molar-refractivity contribution in [3.8, 4) is 11.5 Å². The van der Waals surface area contributed by atoms with Crippen molar-refractivity contribution < 1.29 is 24.0 Å². The molecule has 0 saturated heterocycles. The number of likely N-dealkylation sites (N-methyl/N-ethyl adjacent to an activating group) is 1. The van der Waals surface area contributed by atoms with Gasteiger partial charge < -0.3 is 40.8 Å². The molecule has 3 aromatic rings. The van der Waals surface area contributed by atoms with E-state index in [1.54, 1.807) is 31.2 Å². The summed E-state index contributed by atoms with van der Waals surface area (Å²) >= 11 is 0. The van der Waals surface area contributed by atoms with Gasteiger partial charge in [-0.3, -0.25) is 9.69 Å². The van der Waals surface area contributed by atoms with Crippen molar-refractivity contribution in [1.29, 1.82) is 0 Å². The van der Waals surface area contributed by atoms with E-state index < -0.39 is 10.9 Å². The number of hydrogen-bond donors (Lipinski definition) is 4. The number of carbonyl (C=O) groups is 1. The van der Waals surface area contributed by atoms with Crippen molar-refractivity contribution in [2.24, 2.45) is 16.6 Å². The molecule has 46 heavy (non-hydrogen) atoms. The first-order valence-corrected chi connectivity index (χ1v) is 15.3. The lowest BCUT2D eigenvalue weighted by atomic mass is 9.82. The van der Waals surface area contributed by atoms with Crippen molar-refractivity contribution in [2.45, 2.75) is 25.5 Å². The first-order valence-electron chi connectivity index (χ1n) is 15.3. The third-order valence-electron chi connectivity index (χ3n) is 8.22. The molecule has 4 unspecified atom stereocenters. The average Bonchev–Trinajstić information content (AvgIpc) is 3.15. The molecule has 3 aromatic carbocycles. The van der Waals surface area contributed by atoms with Crippen LogP contribution in [-0.2, 0) is 9.53 Å². The molecule has 2 aliphatic heterocycles. The lowest BCUT2D eigenvalue weighted by Gasteiger charge is -2.37. The number of nitrogens with two attached hydrogens (primary N) is 1. The third-order valence-corrected chi connectivity index (χ3v) is 8.22. The fourth-order valence-corrected chi connectivity index (χ4v) is 5.73. The summed E-state index contributed by atoms with van der Waals surface area (Å²) < 4.78 is 10.5. The highest BCUT2D eigenvalue weighted by Crippen LogP contribution is 2.41. The van der Waals surface area contributed by atoms with Crippen LogP contribution >= 0.6 is 0 Å². The Labute approximate surface area is 269 Å². The molecule has 4 atom stereocenters. The molecule has 0 fully saturated rings. The number of amides is 1. The van der Waals surface area contributed by atoms with Crippen LogP contribution in [0.15, 0.2) is 107 Å². The topological polar surface area (TPSA) is 144 Å². The van der Waals surface area contributed by atoms with Gasteiger partial charge in [0.05, 0.1) is 20.2 Å². The molecule has 0 saturated carbocycles. The van der Waals surface area contributed by atoms with Gasteiger partial charge in [0.15, 0.2) is 0 Å². The SMILES string of the molecule is COCC[N+](C)([O-])C/C=C/C(O)Nc1cccc(C2CC(=O)N(c3ccc(Oc4ccccc4)cc3)C3=C(NCN=C3N)C2C)c1. The van der Waals surface area contributed by atoms with Crippen LogP contribution in [-0.4, -0.2) is 68.2 Å². The number of ether oxygens (including phenoxy) is 2. The Morgan fingerprint density at radius 1 is 1.15 bits per heavy atom. The summed E-state index contributed by atoms with van der Waals surface area (Å²) in [5.41, 5.74) is 10.2. The van der Waals surface area contributed by atoms with Crippen molar-refractivity contribution in [3.05, 3.63) is 113 Å². The number of para-hydroxylation sites is 1. The predicted octanol–water partition coefficient (Wildman–Crippen LogP) is 4.64. The van der Waals surface area contributed by atoms with Crippen LogP contribution in [0.5, 0.6) is 11.5 Å². The zero-order valence-electron chi connectivity index (χ0n) is 26.4. The molecule has 2 aliphatic rings. The Morgan fingerprint density at radius 3 is 2.63 bits per heavy atom. The lowest BCUT2D eigenvalue weighted by molar-refractivity contribution is -0.855. The third kappa shape index (κ3) is 7.93. The Balaban J connectivity index is 1.35. The fourth-order valence-electron chi connectivity index (χ4n) is 5.73. The first-order chi connectivity index (χ1) is 22.1. The highest BCUT2D eigenvalue weighted by molar-refractivity contribution is 6.11. The number of aliphatic hydroxyl groups excluding tert-OH is 1. The summed E-state index contributed by atoms with van der Waals surface area (Å²) in [5.74, 6) is 1.27. The Bertz CT molecular complexity index is 1590. The van der Waals surface area contributed by atoms with E-state index in [-0.39, 0.29) is 30.7 Å². The van der Waals surface area contributed by atoms with E-state index in [1.165, 1.54) is 0 Å². The van der Waals surface area contributed by atoms with Gasteiger partial charge in [-0.2, -0.15) is 0 Å². The number of rotatable bonds is 12. The number of nitrogens with zero attached hydrogens (tertiary/aromatic N) is 3. The molecule has 0 aromatic heterocycles. The average molecular weight is 627 g/mol. The van der Waals surface area contributed by atoms with Crippen LogP contribution in [0.1, 0.15) is 24.8 Å². The van der Waals surface area contributed by atoms with Crippen molar-refractivity contribution >= 4 is 23.1 Å². The second kappa shape index (κ2) is 14.6. The van der Waals surface area contributed by atoms with E-state index in [2.05, 4.69) is 22.5 Å². The lowest BCUT2D eigenvalue weighted by Crippen LogP contribution is -2.41. The normalized spacial score (nSPS) is 20.3. The second-order valence-electron chi connectivity index (χ2n) is 11.7. The van der Waals surface area contributed by atoms with Gasteiger partial charge in [0.1, 0.15) is 42.5 Å². The molecule has 5 N–H and O–H groups in total. The van der Waals surface area contributed by atoms with E-state index in [0.29, 0.717) is 48.5 Å². The summed E-state index contributed by atoms with van der Waals surface area (Å²) in [5, 5.41) is 29.6. The predicted molar refractivity (Wildman–Crippen MR) is 180 cm³/mol. The molecule has 0 bridgehead atoms. The van der Waals surface area contributed by atoms with Gasteiger partial charge in [0.25, 0.3) is 0 Å². The number of anilines is 2. The first kappa shape index (κ1) is 32.7. The maximum Gasteiger partial charge on any atom is 0.232 e. The Hall–Kier alpha value is -4.68. The van der Waals surface area contributed by atoms with E-state index in [1.807, 2.05) is 78.9 Å². The summed E-state index contributed by atoms with van der Waals surface area (Å²) in [4.78, 5) is 20.1.